The van der Waals surface area contributed by atoms with Gasteiger partial charge in [0.05, 0.1) is 6.42 Å². The lowest BCUT2D eigenvalue weighted by Crippen LogP contribution is -2.27. The third kappa shape index (κ3) is 5.17. The van der Waals surface area contributed by atoms with E-state index in [1.54, 1.807) is 0 Å². The number of carboxylic acids is 1. The predicted octanol–water partition coefficient (Wildman–Crippen LogP) is 3.46. The summed E-state index contributed by atoms with van der Waals surface area (Å²) < 4.78 is 13.8. The Hall–Kier alpha value is -1.91. The van der Waals surface area contributed by atoms with E-state index in [1.807, 2.05) is 20.8 Å². The van der Waals surface area contributed by atoms with Crippen molar-refractivity contribution in [2.45, 2.75) is 40.0 Å². The van der Waals surface area contributed by atoms with Crippen molar-refractivity contribution >= 4 is 17.6 Å². The van der Waals surface area contributed by atoms with Crippen LogP contribution in [0.3, 0.4) is 0 Å². The molecule has 5 heteroatoms. The van der Waals surface area contributed by atoms with Crippen molar-refractivity contribution in [1.82, 2.24) is 0 Å². The molecule has 116 valence electrons. The van der Waals surface area contributed by atoms with Gasteiger partial charge >= 0.3 is 5.97 Å². The number of amides is 1. The zero-order valence-electron chi connectivity index (χ0n) is 12.6. The summed E-state index contributed by atoms with van der Waals surface area (Å²) in [7, 11) is 0. The van der Waals surface area contributed by atoms with Gasteiger partial charge in [-0.1, -0.05) is 33.3 Å². The zero-order valence-corrected chi connectivity index (χ0v) is 12.6. The van der Waals surface area contributed by atoms with Gasteiger partial charge in [0, 0.05) is 11.6 Å². The molecule has 21 heavy (non-hydrogen) atoms. The van der Waals surface area contributed by atoms with Gasteiger partial charge in [-0.25, -0.2) is 4.39 Å². The van der Waals surface area contributed by atoms with Gasteiger partial charge in [-0.2, -0.15) is 0 Å². The van der Waals surface area contributed by atoms with E-state index in [-0.39, 0.29) is 29.7 Å². The number of halogens is 1. The number of carboxylic acid groups (broad SMARTS) is 1. The maximum Gasteiger partial charge on any atom is 0.307 e. The van der Waals surface area contributed by atoms with Crippen molar-refractivity contribution in [2.75, 3.05) is 5.32 Å². The van der Waals surface area contributed by atoms with E-state index in [0.29, 0.717) is 5.69 Å². The number of carbonyl (C=O) groups is 2. The first kappa shape index (κ1) is 17.1. The number of nitrogens with one attached hydrogen (secondary N) is 1. The van der Waals surface area contributed by atoms with Gasteiger partial charge in [-0.15, -0.1) is 0 Å². The number of hydrogen-bond donors (Lipinski definition) is 2. The van der Waals surface area contributed by atoms with Crippen LogP contribution in [-0.2, 0) is 16.0 Å². The van der Waals surface area contributed by atoms with E-state index in [0.717, 1.165) is 12.8 Å². The summed E-state index contributed by atoms with van der Waals surface area (Å²) in [5.74, 6) is -1.74. The van der Waals surface area contributed by atoms with Gasteiger partial charge in [0.1, 0.15) is 5.82 Å². The van der Waals surface area contributed by atoms with Crippen molar-refractivity contribution in [3.05, 3.63) is 29.6 Å². The van der Waals surface area contributed by atoms with Crippen LogP contribution >= 0.6 is 0 Å². The van der Waals surface area contributed by atoms with Gasteiger partial charge in [0.25, 0.3) is 0 Å². The summed E-state index contributed by atoms with van der Waals surface area (Å²) >= 11 is 0. The first-order valence-electron chi connectivity index (χ1n) is 7.16. The SMILES string of the molecule is CCCC(C(=O)Nc1ccc(CC(=O)O)c(F)c1)C(C)C. The van der Waals surface area contributed by atoms with Crippen molar-refractivity contribution in [1.29, 1.82) is 0 Å². The quantitative estimate of drug-likeness (QED) is 0.809. The molecule has 0 spiro atoms. The Bertz CT molecular complexity index is 514. The highest BCUT2D eigenvalue weighted by Gasteiger charge is 2.21. The predicted molar refractivity (Wildman–Crippen MR) is 79.6 cm³/mol. The number of carbonyl (C=O) groups excluding carboxylic acids is 1. The first-order valence-corrected chi connectivity index (χ1v) is 7.16. The molecule has 0 aromatic heterocycles. The second-order valence-corrected chi connectivity index (χ2v) is 5.51. The smallest absolute Gasteiger partial charge is 0.307 e. The fraction of sp³-hybridized carbons (Fsp3) is 0.500. The lowest BCUT2D eigenvalue weighted by Gasteiger charge is -2.19. The molecule has 0 radical (unpaired) electrons. The summed E-state index contributed by atoms with van der Waals surface area (Å²) in [6, 6.07) is 4.09. The van der Waals surface area contributed by atoms with Crippen LogP contribution in [0.1, 0.15) is 39.2 Å². The van der Waals surface area contributed by atoms with Crippen molar-refractivity contribution in [3.63, 3.8) is 0 Å². The molecule has 1 atom stereocenters. The van der Waals surface area contributed by atoms with Crippen molar-refractivity contribution < 1.29 is 19.1 Å². The van der Waals surface area contributed by atoms with Crippen LogP contribution in [0, 0.1) is 17.7 Å². The molecule has 1 aromatic rings. The Morgan fingerprint density at radius 3 is 2.48 bits per heavy atom. The van der Waals surface area contributed by atoms with Crippen LogP contribution < -0.4 is 5.32 Å². The molecule has 1 unspecified atom stereocenters. The van der Waals surface area contributed by atoms with E-state index in [9.17, 15) is 14.0 Å². The van der Waals surface area contributed by atoms with Crippen LogP contribution in [0.2, 0.25) is 0 Å². The average Bonchev–Trinajstić information content (AvgIpc) is 2.38. The van der Waals surface area contributed by atoms with E-state index in [1.165, 1.54) is 18.2 Å². The number of aliphatic carboxylic acids is 1. The van der Waals surface area contributed by atoms with Gasteiger partial charge in [-0.3, -0.25) is 9.59 Å². The van der Waals surface area contributed by atoms with Crippen LogP contribution in [0.25, 0.3) is 0 Å². The zero-order chi connectivity index (χ0) is 16.0. The molecule has 1 rings (SSSR count). The Labute approximate surface area is 124 Å². The monoisotopic (exact) mass is 295 g/mol. The Morgan fingerprint density at radius 2 is 2.00 bits per heavy atom. The van der Waals surface area contributed by atoms with Crippen molar-refractivity contribution in [2.24, 2.45) is 11.8 Å². The molecule has 4 nitrogen and oxygen atoms in total. The fourth-order valence-electron chi connectivity index (χ4n) is 2.24. The first-order chi connectivity index (χ1) is 9.85. The van der Waals surface area contributed by atoms with Gasteiger partial charge in [0.2, 0.25) is 5.91 Å². The minimum atomic E-state index is -1.09. The van der Waals surface area contributed by atoms with Gasteiger partial charge < -0.3 is 10.4 Å². The molecule has 1 aromatic carbocycles. The molecular weight excluding hydrogens is 273 g/mol. The molecule has 0 aliphatic heterocycles. The largest absolute Gasteiger partial charge is 0.481 e. The molecule has 0 saturated heterocycles. The van der Waals surface area contributed by atoms with Crippen LogP contribution in [0.15, 0.2) is 18.2 Å². The molecule has 0 aliphatic rings. The highest BCUT2D eigenvalue weighted by Crippen LogP contribution is 2.21. The standard InChI is InChI=1S/C16H22FNO3/c1-4-5-13(10(2)3)16(21)18-12-7-6-11(8-15(19)20)14(17)9-12/h6-7,9-10,13H,4-5,8H2,1-3H3,(H,18,21)(H,19,20). The highest BCUT2D eigenvalue weighted by atomic mass is 19.1. The second kappa shape index (κ2) is 7.76. The summed E-state index contributed by atoms with van der Waals surface area (Å²) in [6.07, 6.45) is 1.32. The van der Waals surface area contributed by atoms with Crippen molar-refractivity contribution in [3.8, 4) is 0 Å². The Morgan fingerprint density at radius 1 is 1.33 bits per heavy atom. The lowest BCUT2D eigenvalue weighted by molar-refractivity contribution is -0.136. The van der Waals surface area contributed by atoms with Gasteiger partial charge in [-0.05, 0) is 30.0 Å². The molecule has 1 amide bonds. The van der Waals surface area contributed by atoms with Crippen LogP contribution in [-0.4, -0.2) is 17.0 Å². The minimum Gasteiger partial charge on any atom is -0.481 e. The molecule has 0 fully saturated rings. The molecule has 2 N–H and O–H groups in total. The number of hydrogen-bond acceptors (Lipinski definition) is 2. The highest BCUT2D eigenvalue weighted by molar-refractivity contribution is 5.92. The number of anilines is 1. The summed E-state index contributed by atoms with van der Waals surface area (Å²) in [4.78, 5) is 22.8. The third-order valence-corrected chi connectivity index (χ3v) is 3.40. The molecule has 0 heterocycles. The fourth-order valence-corrected chi connectivity index (χ4v) is 2.24. The molecule has 0 saturated carbocycles. The normalized spacial score (nSPS) is 12.2. The van der Waals surface area contributed by atoms with Gasteiger partial charge in [0.15, 0.2) is 0 Å². The molecule has 0 bridgehead atoms. The average molecular weight is 295 g/mol. The number of rotatable bonds is 7. The summed E-state index contributed by atoms with van der Waals surface area (Å²) in [5, 5.41) is 11.4. The minimum absolute atomic E-state index is 0.106. The maximum absolute atomic E-state index is 13.8. The lowest BCUT2D eigenvalue weighted by atomic mass is 9.90. The molecule has 0 aliphatic carbocycles. The third-order valence-electron chi connectivity index (χ3n) is 3.40. The molecular formula is C16H22FNO3. The Balaban J connectivity index is 2.81. The van der Waals surface area contributed by atoms with E-state index in [2.05, 4.69) is 5.32 Å². The number of benzene rings is 1. The van der Waals surface area contributed by atoms with Crippen LogP contribution in [0.4, 0.5) is 10.1 Å². The summed E-state index contributed by atoms with van der Waals surface area (Å²) in [6.45, 7) is 5.98. The summed E-state index contributed by atoms with van der Waals surface area (Å²) in [5.41, 5.74) is 0.461. The Kier molecular flexibility index (Phi) is 6.34. The van der Waals surface area contributed by atoms with E-state index in [4.69, 9.17) is 5.11 Å². The van der Waals surface area contributed by atoms with E-state index >= 15 is 0 Å². The second-order valence-electron chi connectivity index (χ2n) is 5.51. The topological polar surface area (TPSA) is 66.4 Å². The maximum atomic E-state index is 13.8. The van der Waals surface area contributed by atoms with Crippen LogP contribution in [0.5, 0.6) is 0 Å². The van der Waals surface area contributed by atoms with E-state index < -0.39 is 11.8 Å².